The van der Waals surface area contributed by atoms with E-state index in [2.05, 4.69) is 31.9 Å². The molecular weight excluding hydrogens is 144 g/mol. The Balaban J connectivity index is 3.02. The molecule has 0 saturated heterocycles. The molecule has 0 radical (unpaired) electrons. The van der Waals surface area contributed by atoms with Crippen molar-refractivity contribution in [3.8, 4) is 12.3 Å². The van der Waals surface area contributed by atoms with Crippen molar-refractivity contribution in [3.05, 3.63) is 35.4 Å². The van der Waals surface area contributed by atoms with Gasteiger partial charge in [-0.25, -0.2) is 0 Å². The zero-order valence-electron chi connectivity index (χ0n) is 7.67. The first-order chi connectivity index (χ1) is 5.79. The van der Waals surface area contributed by atoms with E-state index >= 15 is 0 Å². The van der Waals surface area contributed by atoms with Gasteiger partial charge in [-0.05, 0) is 24.5 Å². The van der Waals surface area contributed by atoms with Gasteiger partial charge in [0.2, 0.25) is 0 Å². The highest BCUT2D eigenvalue weighted by atomic mass is 14.1. The smallest absolute Gasteiger partial charge is 0.0449 e. The summed E-state index contributed by atoms with van der Waals surface area (Å²) in [5, 5.41) is 0. The van der Waals surface area contributed by atoms with E-state index in [-0.39, 0.29) is 5.92 Å². The van der Waals surface area contributed by atoms with Crippen LogP contribution in [0.15, 0.2) is 24.3 Å². The van der Waals surface area contributed by atoms with Crippen molar-refractivity contribution in [2.45, 2.75) is 26.2 Å². The van der Waals surface area contributed by atoms with Gasteiger partial charge in [0.05, 0.1) is 0 Å². The summed E-state index contributed by atoms with van der Waals surface area (Å²) in [5.74, 6) is 3.09. The Kier molecular flexibility index (Phi) is 2.94. The molecule has 62 valence electrons. The van der Waals surface area contributed by atoms with E-state index in [1.54, 1.807) is 0 Å². The third-order valence-corrected chi connectivity index (χ3v) is 2.17. The van der Waals surface area contributed by atoms with Gasteiger partial charge in [0.1, 0.15) is 0 Å². The molecule has 0 bridgehead atoms. The number of benzene rings is 1. The monoisotopic (exact) mass is 158 g/mol. The van der Waals surface area contributed by atoms with Crippen molar-refractivity contribution in [1.29, 1.82) is 0 Å². The summed E-state index contributed by atoms with van der Waals surface area (Å²) in [4.78, 5) is 0. The van der Waals surface area contributed by atoms with Crippen LogP contribution in [0.25, 0.3) is 0 Å². The maximum Gasteiger partial charge on any atom is 0.0449 e. The highest BCUT2D eigenvalue weighted by molar-refractivity contribution is 5.33. The minimum absolute atomic E-state index is 0.284. The Hall–Kier alpha value is -1.22. The zero-order valence-corrected chi connectivity index (χ0v) is 7.67. The molecular formula is C12H14. The summed E-state index contributed by atoms with van der Waals surface area (Å²) < 4.78 is 0. The van der Waals surface area contributed by atoms with Crippen molar-refractivity contribution >= 4 is 0 Å². The number of rotatable bonds is 2. The molecule has 1 aromatic rings. The average Bonchev–Trinajstić information content (AvgIpc) is 2.10. The standard InChI is InChI=1S/C12H14/c1-4-11(5-2)12-9-7-6-8-10(12)3/h1,6-9,11H,5H2,2-3H3. The molecule has 1 atom stereocenters. The first-order valence-electron chi connectivity index (χ1n) is 4.31. The first-order valence-corrected chi connectivity index (χ1v) is 4.31. The van der Waals surface area contributed by atoms with Crippen molar-refractivity contribution in [2.75, 3.05) is 0 Å². The molecule has 1 unspecified atom stereocenters. The van der Waals surface area contributed by atoms with E-state index in [4.69, 9.17) is 6.42 Å². The lowest BCUT2D eigenvalue weighted by Crippen LogP contribution is -1.95. The number of hydrogen-bond acceptors (Lipinski definition) is 0. The molecule has 0 amide bonds. The highest BCUT2D eigenvalue weighted by Crippen LogP contribution is 2.21. The number of aryl methyl sites for hydroxylation is 1. The van der Waals surface area contributed by atoms with Crippen LogP contribution in [0.4, 0.5) is 0 Å². The summed E-state index contributed by atoms with van der Waals surface area (Å²) in [5.41, 5.74) is 2.59. The van der Waals surface area contributed by atoms with Gasteiger partial charge in [0.15, 0.2) is 0 Å². The Morgan fingerprint density at radius 1 is 1.42 bits per heavy atom. The lowest BCUT2D eigenvalue weighted by molar-refractivity contribution is 0.824. The highest BCUT2D eigenvalue weighted by Gasteiger charge is 2.06. The van der Waals surface area contributed by atoms with Crippen LogP contribution >= 0.6 is 0 Å². The summed E-state index contributed by atoms with van der Waals surface area (Å²) in [6.07, 6.45) is 6.45. The third-order valence-electron chi connectivity index (χ3n) is 2.17. The van der Waals surface area contributed by atoms with Crippen LogP contribution in [0.5, 0.6) is 0 Å². The van der Waals surface area contributed by atoms with Gasteiger partial charge in [-0.3, -0.25) is 0 Å². The lowest BCUT2D eigenvalue weighted by Gasteiger charge is -2.10. The Bertz CT molecular complexity index is 291. The van der Waals surface area contributed by atoms with E-state index < -0.39 is 0 Å². The zero-order chi connectivity index (χ0) is 8.97. The van der Waals surface area contributed by atoms with Crippen LogP contribution in [-0.2, 0) is 0 Å². The largest absolute Gasteiger partial charge is 0.119 e. The van der Waals surface area contributed by atoms with Crippen LogP contribution in [-0.4, -0.2) is 0 Å². The molecule has 12 heavy (non-hydrogen) atoms. The van der Waals surface area contributed by atoms with E-state index in [1.807, 2.05) is 12.1 Å². The van der Waals surface area contributed by atoms with E-state index in [0.717, 1.165) is 6.42 Å². The summed E-state index contributed by atoms with van der Waals surface area (Å²) in [7, 11) is 0. The second-order valence-electron chi connectivity index (χ2n) is 2.98. The van der Waals surface area contributed by atoms with Gasteiger partial charge < -0.3 is 0 Å². The first kappa shape index (κ1) is 8.87. The quantitative estimate of drug-likeness (QED) is 0.580. The molecule has 0 aliphatic heterocycles. The minimum atomic E-state index is 0.284. The number of terminal acetylenes is 1. The topological polar surface area (TPSA) is 0 Å². The van der Waals surface area contributed by atoms with Crippen molar-refractivity contribution in [1.82, 2.24) is 0 Å². The summed E-state index contributed by atoms with van der Waals surface area (Å²) in [6, 6.07) is 8.31. The van der Waals surface area contributed by atoms with Gasteiger partial charge in [0.25, 0.3) is 0 Å². The van der Waals surface area contributed by atoms with Gasteiger partial charge in [-0.15, -0.1) is 6.42 Å². The Morgan fingerprint density at radius 2 is 2.08 bits per heavy atom. The van der Waals surface area contributed by atoms with Gasteiger partial charge in [0, 0.05) is 5.92 Å². The molecule has 0 N–H and O–H groups in total. The number of hydrogen-bond donors (Lipinski definition) is 0. The third kappa shape index (κ3) is 1.68. The molecule has 0 aliphatic carbocycles. The Labute approximate surface area is 74.6 Å². The molecule has 0 spiro atoms. The van der Waals surface area contributed by atoms with Crippen molar-refractivity contribution < 1.29 is 0 Å². The SMILES string of the molecule is C#CC(CC)c1ccccc1C. The van der Waals surface area contributed by atoms with Crippen LogP contribution in [0, 0.1) is 19.3 Å². The van der Waals surface area contributed by atoms with Crippen LogP contribution < -0.4 is 0 Å². The van der Waals surface area contributed by atoms with Crippen LogP contribution in [0.3, 0.4) is 0 Å². The summed E-state index contributed by atoms with van der Waals surface area (Å²) >= 11 is 0. The molecule has 0 heteroatoms. The molecule has 0 aliphatic rings. The van der Waals surface area contributed by atoms with Gasteiger partial charge >= 0.3 is 0 Å². The fraction of sp³-hybridized carbons (Fsp3) is 0.333. The van der Waals surface area contributed by atoms with Crippen LogP contribution in [0.1, 0.15) is 30.4 Å². The fourth-order valence-electron chi connectivity index (χ4n) is 1.41. The molecule has 0 fully saturated rings. The lowest BCUT2D eigenvalue weighted by atomic mass is 9.94. The molecule has 1 rings (SSSR count). The molecule has 0 heterocycles. The second-order valence-corrected chi connectivity index (χ2v) is 2.98. The van der Waals surface area contributed by atoms with Gasteiger partial charge in [-0.1, -0.05) is 37.1 Å². The van der Waals surface area contributed by atoms with Crippen molar-refractivity contribution in [3.63, 3.8) is 0 Å². The second kappa shape index (κ2) is 3.97. The van der Waals surface area contributed by atoms with Crippen molar-refractivity contribution in [2.24, 2.45) is 0 Å². The Morgan fingerprint density at radius 3 is 2.58 bits per heavy atom. The van der Waals surface area contributed by atoms with Gasteiger partial charge in [-0.2, -0.15) is 0 Å². The molecule has 0 nitrogen and oxygen atoms in total. The molecule has 1 aromatic carbocycles. The molecule has 0 saturated carbocycles. The molecule has 0 aromatic heterocycles. The minimum Gasteiger partial charge on any atom is -0.119 e. The normalized spacial score (nSPS) is 12.1. The maximum atomic E-state index is 5.43. The van der Waals surface area contributed by atoms with E-state index in [1.165, 1.54) is 11.1 Å². The van der Waals surface area contributed by atoms with Crippen LogP contribution in [0.2, 0.25) is 0 Å². The van der Waals surface area contributed by atoms with E-state index in [9.17, 15) is 0 Å². The maximum absolute atomic E-state index is 5.43. The fourth-order valence-corrected chi connectivity index (χ4v) is 1.41. The summed E-state index contributed by atoms with van der Waals surface area (Å²) in [6.45, 7) is 4.23. The average molecular weight is 158 g/mol. The predicted octanol–water partition coefficient (Wildman–Crippen LogP) is 3.12. The predicted molar refractivity (Wildman–Crippen MR) is 53.0 cm³/mol. The van der Waals surface area contributed by atoms with E-state index in [0.29, 0.717) is 0 Å².